The van der Waals surface area contributed by atoms with Crippen molar-refractivity contribution in [2.75, 3.05) is 5.75 Å². The average Bonchev–Trinajstić information content (AvgIpc) is 2.94. The van der Waals surface area contributed by atoms with Gasteiger partial charge in [-0.15, -0.1) is 0 Å². The van der Waals surface area contributed by atoms with Crippen molar-refractivity contribution in [2.24, 2.45) is 0 Å². The van der Waals surface area contributed by atoms with Gasteiger partial charge in [-0.25, -0.2) is 8.42 Å². The summed E-state index contributed by atoms with van der Waals surface area (Å²) >= 11 is 0. The lowest BCUT2D eigenvalue weighted by Gasteiger charge is -2.03. The van der Waals surface area contributed by atoms with E-state index in [-0.39, 0.29) is 34.8 Å². The van der Waals surface area contributed by atoms with Gasteiger partial charge in [-0.05, 0) is 32.9 Å². The van der Waals surface area contributed by atoms with E-state index in [9.17, 15) is 13.2 Å². The highest BCUT2D eigenvalue weighted by Gasteiger charge is 2.19. The molecule has 0 saturated carbocycles. The third-order valence-corrected chi connectivity index (χ3v) is 4.79. The Kier molecular flexibility index (Phi) is 5.15. The van der Waals surface area contributed by atoms with Gasteiger partial charge in [0.15, 0.2) is 15.7 Å². The number of nitrogens with one attached hydrogen (secondary N) is 1. The second-order valence-electron chi connectivity index (χ2n) is 5.53. The van der Waals surface area contributed by atoms with Crippen LogP contribution in [0.3, 0.4) is 0 Å². The summed E-state index contributed by atoms with van der Waals surface area (Å²) in [4.78, 5) is 15.9. The summed E-state index contributed by atoms with van der Waals surface area (Å²) in [7, 11) is -3.43. The molecule has 0 aliphatic carbocycles. The number of nitrogens with zero attached hydrogens (tertiary/aromatic N) is 2. The highest BCUT2D eigenvalue weighted by molar-refractivity contribution is 7.91. The fourth-order valence-electron chi connectivity index (χ4n) is 1.86. The number of hydrogen-bond acceptors (Lipinski definition) is 6. The highest BCUT2D eigenvalue weighted by Crippen LogP contribution is 2.13. The van der Waals surface area contributed by atoms with Crippen LogP contribution in [0.2, 0.25) is 0 Å². The molecule has 0 saturated heterocycles. The molecule has 0 spiro atoms. The van der Waals surface area contributed by atoms with E-state index in [0.29, 0.717) is 0 Å². The fourth-order valence-corrected chi connectivity index (χ4v) is 3.10. The van der Waals surface area contributed by atoms with Crippen LogP contribution in [-0.2, 0) is 16.3 Å². The number of aromatic nitrogens is 2. The highest BCUT2D eigenvalue weighted by atomic mass is 32.2. The molecule has 1 aromatic carbocycles. The van der Waals surface area contributed by atoms with Crippen molar-refractivity contribution in [3.8, 4) is 0 Å². The summed E-state index contributed by atoms with van der Waals surface area (Å²) in [5.41, 5.74) is 0.989. The predicted molar refractivity (Wildman–Crippen MR) is 83.8 cm³/mol. The Labute approximate surface area is 135 Å². The lowest BCUT2D eigenvalue weighted by molar-refractivity contribution is 0.0899. The summed E-state index contributed by atoms with van der Waals surface area (Å²) in [6.07, 6.45) is 0.0780. The van der Waals surface area contributed by atoms with E-state index in [2.05, 4.69) is 15.5 Å². The molecule has 7 nitrogen and oxygen atoms in total. The van der Waals surface area contributed by atoms with Gasteiger partial charge < -0.3 is 9.84 Å². The summed E-state index contributed by atoms with van der Waals surface area (Å²) < 4.78 is 29.3. The molecule has 1 heterocycles. The molecule has 0 unspecified atom stereocenters. The second-order valence-corrected chi connectivity index (χ2v) is 7.63. The van der Waals surface area contributed by atoms with Crippen molar-refractivity contribution in [1.82, 2.24) is 15.5 Å². The molecule has 1 amide bonds. The van der Waals surface area contributed by atoms with Crippen LogP contribution in [0, 0.1) is 6.92 Å². The maximum atomic E-state index is 12.2. The number of aryl methyl sites for hydroxylation is 2. The van der Waals surface area contributed by atoms with E-state index in [0.717, 1.165) is 5.56 Å². The van der Waals surface area contributed by atoms with Gasteiger partial charge in [-0.2, -0.15) is 4.98 Å². The van der Waals surface area contributed by atoms with Crippen LogP contribution >= 0.6 is 0 Å². The lowest BCUT2D eigenvalue weighted by Crippen LogP contribution is -2.30. The van der Waals surface area contributed by atoms with Crippen LogP contribution in [0.25, 0.3) is 0 Å². The quantitative estimate of drug-likeness (QED) is 0.857. The zero-order valence-corrected chi connectivity index (χ0v) is 14.1. The number of amides is 1. The number of hydrogen-bond donors (Lipinski definition) is 1. The van der Waals surface area contributed by atoms with E-state index in [1.165, 1.54) is 0 Å². The Morgan fingerprint density at radius 1 is 1.26 bits per heavy atom. The first-order chi connectivity index (χ1) is 10.8. The molecule has 23 heavy (non-hydrogen) atoms. The molecule has 1 N–H and O–H groups in total. The second kappa shape index (κ2) is 6.91. The Morgan fingerprint density at radius 3 is 2.52 bits per heavy atom. The Bertz CT molecular complexity index is 779. The van der Waals surface area contributed by atoms with E-state index in [1.54, 1.807) is 24.3 Å². The van der Waals surface area contributed by atoms with Gasteiger partial charge >= 0.3 is 11.8 Å². The molecule has 0 aliphatic heterocycles. The standard InChI is InChI=1S/C15H19N3O4S/c1-10(2)16-14(19)15-17-13(18-22-15)8-9-23(20,21)12-6-4-11(3)5-7-12/h4-7,10H,8-9H2,1-3H3,(H,16,19). The molecule has 8 heteroatoms. The number of rotatable bonds is 6. The molecular formula is C15H19N3O4S. The molecule has 1 aromatic heterocycles. The first kappa shape index (κ1) is 17.1. The first-order valence-electron chi connectivity index (χ1n) is 7.21. The maximum Gasteiger partial charge on any atom is 0.315 e. The molecule has 2 aromatic rings. The first-order valence-corrected chi connectivity index (χ1v) is 8.86. The minimum atomic E-state index is -3.43. The van der Waals surface area contributed by atoms with Crippen molar-refractivity contribution in [1.29, 1.82) is 0 Å². The van der Waals surface area contributed by atoms with Crippen molar-refractivity contribution in [3.05, 3.63) is 41.5 Å². The van der Waals surface area contributed by atoms with Gasteiger partial charge in [0.05, 0.1) is 10.6 Å². The smallest absolute Gasteiger partial charge is 0.315 e. The Morgan fingerprint density at radius 2 is 1.91 bits per heavy atom. The Hall–Kier alpha value is -2.22. The number of carbonyl (C=O) groups is 1. The van der Waals surface area contributed by atoms with Crippen molar-refractivity contribution >= 4 is 15.7 Å². The molecule has 2 rings (SSSR count). The summed E-state index contributed by atoms with van der Waals surface area (Å²) in [6, 6.07) is 6.58. The lowest BCUT2D eigenvalue weighted by atomic mass is 10.2. The third kappa shape index (κ3) is 4.62. The van der Waals surface area contributed by atoms with Gasteiger partial charge in [0, 0.05) is 12.5 Å². The minimum Gasteiger partial charge on any atom is -0.346 e. The van der Waals surface area contributed by atoms with Crippen molar-refractivity contribution < 1.29 is 17.7 Å². The van der Waals surface area contributed by atoms with E-state index < -0.39 is 15.7 Å². The Balaban J connectivity index is 2.02. The number of carbonyl (C=O) groups excluding carboxylic acids is 1. The minimum absolute atomic E-state index is 0.0558. The molecule has 0 aliphatic rings. The topological polar surface area (TPSA) is 102 Å². The maximum absolute atomic E-state index is 12.2. The average molecular weight is 337 g/mol. The zero-order valence-electron chi connectivity index (χ0n) is 13.2. The monoisotopic (exact) mass is 337 g/mol. The van der Waals surface area contributed by atoms with Crippen molar-refractivity contribution in [2.45, 2.75) is 38.1 Å². The van der Waals surface area contributed by atoms with E-state index in [4.69, 9.17) is 4.52 Å². The summed E-state index contributed by atoms with van der Waals surface area (Å²) in [6.45, 7) is 5.51. The summed E-state index contributed by atoms with van der Waals surface area (Å²) in [5, 5.41) is 6.27. The van der Waals surface area contributed by atoms with Crippen LogP contribution in [-0.4, -0.2) is 36.3 Å². The molecule has 0 atom stereocenters. The van der Waals surface area contributed by atoms with Crippen LogP contribution in [0.15, 0.2) is 33.7 Å². The predicted octanol–water partition coefficient (Wildman–Crippen LogP) is 1.53. The molecule has 0 fully saturated rings. The van der Waals surface area contributed by atoms with Crippen molar-refractivity contribution in [3.63, 3.8) is 0 Å². The third-order valence-electron chi connectivity index (χ3n) is 3.06. The van der Waals surface area contributed by atoms with Gasteiger partial charge in [-0.1, -0.05) is 22.9 Å². The van der Waals surface area contributed by atoms with Gasteiger partial charge in [0.1, 0.15) is 0 Å². The number of benzene rings is 1. The van der Waals surface area contributed by atoms with Crippen LogP contribution < -0.4 is 5.32 Å². The molecule has 124 valence electrons. The van der Waals surface area contributed by atoms with Gasteiger partial charge in [0.25, 0.3) is 0 Å². The van der Waals surface area contributed by atoms with Gasteiger partial charge in [0.2, 0.25) is 0 Å². The zero-order chi connectivity index (χ0) is 17.0. The number of sulfone groups is 1. The normalized spacial score (nSPS) is 11.7. The SMILES string of the molecule is Cc1ccc(S(=O)(=O)CCc2noc(C(=O)NC(C)C)n2)cc1. The largest absolute Gasteiger partial charge is 0.346 e. The molecule has 0 radical (unpaired) electrons. The van der Waals surface area contributed by atoms with Crippen LogP contribution in [0.1, 0.15) is 35.9 Å². The summed E-state index contributed by atoms with van der Waals surface area (Å²) in [5.74, 6) is -0.600. The van der Waals surface area contributed by atoms with Gasteiger partial charge in [-0.3, -0.25) is 4.79 Å². The van der Waals surface area contributed by atoms with E-state index in [1.807, 2.05) is 20.8 Å². The van der Waals surface area contributed by atoms with Crippen LogP contribution in [0.4, 0.5) is 0 Å². The van der Waals surface area contributed by atoms with Crippen LogP contribution in [0.5, 0.6) is 0 Å². The molecular weight excluding hydrogens is 318 g/mol. The fraction of sp³-hybridized carbons (Fsp3) is 0.400. The molecule has 0 bridgehead atoms. The van der Waals surface area contributed by atoms with E-state index >= 15 is 0 Å².